The third-order valence-corrected chi connectivity index (χ3v) is 8.69. The summed E-state index contributed by atoms with van der Waals surface area (Å²) in [6.07, 6.45) is 0.711. The highest BCUT2D eigenvalue weighted by Gasteiger charge is 2.32. The summed E-state index contributed by atoms with van der Waals surface area (Å²) in [6.45, 7) is 3.93. The molecule has 4 rings (SSSR count). The van der Waals surface area contributed by atoms with Crippen LogP contribution in [0.2, 0.25) is 0 Å². The second-order valence-electron chi connectivity index (χ2n) is 7.39. The Morgan fingerprint density at radius 3 is 2.83 bits per heavy atom. The maximum absolute atomic E-state index is 13.1. The Kier molecular flexibility index (Phi) is 5.16. The van der Waals surface area contributed by atoms with Gasteiger partial charge >= 0.3 is 0 Å². The van der Waals surface area contributed by atoms with Crippen LogP contribution in [0, 0.1) is 0 Å². The minimum Gasteiger partial charge on any atom is -0.324 e. The van der Waals surface area contributed by atoms with Crippen molar-refractivity contribution in [3.05, 3.63) is 48.0 Å². The number of carbonyl (C=O) groups is 2. The van der Waals surface area contributed by atoms with Crippen LogP contribution < -0.4 is 10.2 Å². The number of amides is 2. The zero-order valence-corrected chi connectivity index (χ0v) is 17.8. The number of nitrogens with zero attached hydrogens (tertiary/aromatic N) is 1. The van der Waals surface area contributed by atoms with Gasteiger partial charge in [-0.05, 0) is 50.1 Å². The quantitative estimate of drug-likeness (QED) is 0.805. The molecule has 0 saturated carbocycles. The van der Waals surface area contributed by atoms with Crippen molar-refractivity contribution in [3.63, 3.8) is 0 Å². The van der Waals surface area contributed by atoms with Gasteiger partial charge in [-0.1, -0.05) is 18.2 Å². The number of para-hydroxylation sites is 1. The molecule has 0 spiro atoms. The summed E-state index contributed by atoms with van der Waals surface area (Å²) in [5.41, 5.74) is 2.60. The minimum atomic E-state index is -3.68. The van der Waals surface area contributed by atoms with Gasteiger partial charge in [0.15, 0.2) is 9.84 Å². The van der Waals surface area contributed by atoms with E-state index in [0.29, 0.717) is 12.2 Å². The third-order valence-electron chi connectivity index (χ3n) is 5.39. The summed E-state index contributed by atoms with van der Waals surface area (Å²) in [4.78, 5) is 27.2. The first-order valence-corrected chi connectivity index (χ1v) is 11.9. The van der Waals surface area contributed by atoms with E-state index >= 15 is 0 Å². The van der Waals surface area contributed by atoms with Crippen LogP contribution in [0.15, 0.2) is 52.3 Å². The van der Waals surface area contributed by atoms with E-state index in [1.165, 1.54) is 17.8 Å². The maximum atomic E-state index is 13.1. The van der Waals surface area contributed by atoms with E-state index in [4.69, 9.17) is 0 Å². The van der Waals surface area contributed by atoms with Crippen LogP contribution in [0.3, 0.4) is 0 Å². The highest BCUT2D eigenvalue weighted by atomic mass is 32.2. The third kappa shape index (κ3) is 3.67. The molecule has 0 fully saturated rings. The molecular formula is C21H22N2O4S2. The fourth-order valence-corrected chi connectivity index (χ4v) is 6.08. The molecule has 2 aliphatic rings. The Morgan fingerprint density at radius 1 is 1.28 bits per heavy atom. The fourth-order valence-electron chi connectivity index (χ4n) is 3.65. The number of carbonyl (C=O) groups excluding carboxylic acids is 2. The van der Waals surface area contributed by atoms with Gasteiger partial charge < -0.3 is 10.2 Å². The van der Waals surface area contributed by atoms with Crippen LogP contribution in [-0.2, 0) is 25.8 Å². The van der Waals surface area contributed by atoms with Gasteiger partial charge in [-0.2, -0.15) is 0 Å². The minimum absolute atomic E-state index is 0.0754. The van der Waals surface area contributed by atoms with Crippen molar-refractivity contribution in [2.24, 2.45) is 0 Å². The molecule has 0 aromatic heterocycles. The molecule has 0 bridgehead atoms. The summed E-state index contributed by atoms with van der Waals surface area (Å²) >= 11 is 1.34. The molecule has 2 aromatic carbocycles. The van der Waals surface area contributed by atoms with Gasteiger partial charge in [0.2, 0.25) is 11.8 Å². The number of benzene rings is 2. The molecule has 2 aromatic rings. The van der Waals surface area contributed by atoms with Crippen LogP contribution in [0.25, 0.3) is 0 Å². The van der Waals surface area contributed by atoms with E-state index in [1.807, 2.05) is 24.3 Å². The van der Waals surface area contributed by atoms with Gasteiger partial charge in [0, 0.05) is 23.5 Å². The van der Waals surface area contributed by atoms with Gasteiger partial charge in [-0.25, -0.2) is 8.42 Å². The van der Waals surface area contributed by atoms with Crippen molar-refractivity contribution in [1.82, 2.24) is 0 Å². The number of thioether (sulfide) groups is 1. The molecule has 2 unspecified atom stereocenters. The number of fused-ring (bicyclic) bond motifs is 2. The van der Waals surface area contributed by atoms with E-state index in [9.17, 15) is 18.0 Å². The van der Waals surface area contributed by atoms with Gasteiger partial charge in [0.25, 0.3) is 0 Å². The van der Waals surface area contributed by atoms with E-state index < -0.39 is 15.1 Å². The number of hydrogen-bond acceptors (Lipinski definition) is 5. The van der Waals surface area contributed by atoms with E-state index in [0.717, 1.165) is 22.6 Å². The monoisotopic (exact) mass is 430 g/mol. The fraction of sp³-hybridized carbons (Fsp3) is 0.333. The topological polar surface area (TPSA) is 83.6 Å². The Morgan fingerprint density at radius 2 is 2.03 bits per heavy atom. The highest BCUT2D eigenvalue weighted by molar-refractivity contribution is 8.01. The molecule has 152 valence electrons. The first kappa shape index (κ1) is 20.0. The van der Waals surface area contributed by atoms with Crippen molar-refractivity contribution in [3.8, 4) is 0 Å². The zero-order valence-electron chi connectivity index (χ0n) is 16.2. The highest BCUT2D eigenvalue weighted by Crippen LogP contribution is 2.37. The standard InChI is InChI=1S/C21H22N2O4S2/c1-13(11-20(24)23-10-9-15-5-3-4-6-18(15)23)29(26,27)16-7-8-17-19(12-16)28-14(2)21(25)22-17/h3-8,12-14H,9-11H2,1-2H3,(H,22,25). The average molecular weight is 431 g/mol. The van der Waals surface area contributed by atoms with Crippen molar-refractivity contribution >= 4 is 44.8 Å². The van der Waals surface area contributed by atoms with Gasteiger partial charge in [-0.15, -0.1) is 11.8 Å². The summed E-state index contributed by atoms with van der Waals surface area (Å²) in [5, 5.41) is 1.65. The molecule has 1 N–H and O–H groups in total. The Labute approximate surface area is 174 Å². The Balaban J connectivity index is 1.53. The number of rotatable bonds is 4. The number of hydrogen-bond donors (Lipinski definition) is 1. The summed E-state index contributed by atoms with van der Waals surface area (Å²) in [5.74, 6) is -0.276. The van der Waals surface area contributed by atoms with Crippen molar-refractivity contribution in [2.45, 2.75) is 47.0 Å². The molecule has 2 aliphatic heterocycles. The van der Waals surface area contributed by atoms with Crippen molar-refractivity contribution in [2.75, 3.05) is 16.8 Å². The predicted molar refractivity (Wildman–Crippen MR) is 114 cm³/mol. The normalized spacial score (nSPS) is 19.3. The molecule has 0 saturated heterocycles. The van der Waals surface area contributed by atoms with Gasteiger partial charge in [-0.3, -0.25) is 9.59 Å². The number of anilines is 2. The van der Waals surface area contributed by atoms with E-state index in [2.05, 4.69) is 5.32 Å². The Hall–Kier alpha value is -2.32. The molecular weight excluding hydrogens is 408 g/mol. The van der Waals surface area contributed by atoms with Crippen LogP contribution in [0.1, 0.15) is 25.8 Å². The molecule has 0 radical (unpaired) electrons. The molecule has 8 heteroatoms. The van der Waals surface area contributed by atoms with Gasteiger partial charge in [0.05, 0.1) is 21.1 Å². The average Bonchev–Trinajstić information content (AvgIpc) is 3.12. The largest absolute Gasteiger partial charge is 0.324 e. The summed E-state index contributed by atoms with van der Waals surface area (Å²) in [7, 11) is -3.68. The van der Waals surface area contributed by atoms with E-state index in [-0.39, 0.29) is 28.4 Å². The zero-order chi connectivity index (χ0) is 20.8. The van der Waals surface area contributed by atoms with Crippen LogP contribution in [0.5, 0.6) is 0 Å². The molecule has 2 atom stereocenters. The number of nitrogens with one attached hydrogen (secondary N) is 1. The summed E-state index contributed by atoms with van der Waals surface area (Å²) < 4.78 is 26.2. The molecule has 0 aliphatic carbocycles. The maximum Gasteiger partial charge on any atom is 0.237 e. The Bertz CT molecular complexity index is 1100. The van der Waals surface area contributed by atoms with Crippen molar-refractivity contribution < 1.29 is 18.0 Å². The lowest BCUT2D eigenvalue weighted by Gasteiger charge is -2.23. The molecule has 6 nitrogen and oxygen atoms in total. The predicted octanol–water partition coefficient (Wildman–Crippen LogP) is 3.26. The lowest BCUT2D eigenvalue weighted by Crippen LogP contribution is -2.33. The molecule has 2 heterocycles. The summed E-state index contributed by atoms with van der Waals surface area (Å²) in [6, 6.07) is 12.4. The first-order chi connectivity index (χ1) is 13.8. The van der Waals surface area contributed by atoms with Gasteiger partial charge in [0.1, 0.15) is 0 Å². The molecule has 2 amide bonds. The second kappa shape index (κ2) is 7.50. The SMILES string of the molecule is CC1Sc2cc(S(=O)(=O)C(C)CC(=O)N3CCc4ccccc43)ccc2NC1=O. The smallest absolute Gasteiger partial charge is 0.237 e. The lowest BCUT2D eigenvalue weighted by atomic mass is 10.2. The second-order valence-corrected chi connectivity index (χ2v) is 11.1. The first-order valence-electron chi connectivity index (χ1n) is 9.51. The number of sulfone groups is 1. The molecule has 29 heavy (non-hydrogen) atoms. The lowest BCUT2D eigenvalue weighted by molar-refractivity contribution is -0.118. The van der Waals surface area contributed by atoms with E-state index in [1.54, 1.807) is 30.9 Å². The van der Waals surface area contributed by atoms with Crippen LogP contribution in [0.4, 0.5) is 11.4 Å². The van der Waals surface area contributed by atoms with Crippen LogP contribution in [-0.4, -0.2) is 37.3 Å². The van der Waals surface area contributed by atoms with Crippen molar-refractivity contribution in [1.29, 1.82) is 0 Å². The van der Waals surface area contributed by atoms with Crippen LogP contribution >= 0.6 is 11.8 Å².